The molecule has 8 N–H and O–H groups in total. The first-order chi connectivity index (χ1) is 12.2. The standard InChI is InChI=1S/C15H26O11/c1-2-3-14(13(23)11(21)9(19)7(4-16)24-14)26-15(6-18)12(22)10(20)8(5-17)25-15/h2,7-13,16-23H,1,3-6H2/t7-,8-,9-,10-,11+,12+,13-,14+,15?/m1/s1. The molecule has 0 radical (unpaired) electrons. The van der Waals surface area contributed by atoms with Crippen molar-refractivity contribution in [2.75, 3.05) is 19.8 Å². The first kappa shape index (κ1) is 21.6. The third-order valence-corrected chi connectivity index (χ3v) is 4.72. The summed E-state index contributed by atoms with van der Waals surface area (Å²) in [4.78, 5) is 0. The van der Waals surface area contributed by atoms with Crippen molar-refractivity contribution >= 4 is 0 Å². The molecule has 9 atom stereocenters. The van der Waals surface area contributed by atoms with Crippen LogP contribution in [0.3, 0.4) is 0 Å². The average Bonchev–Trinajstić information content (AvgIpc) is 2.88. The average molecular weight is 382 g/mol. The lowest BCUT2D eigenvalue weighted by Gasteiger charge is -2.50. The molecule has 2 aliphatic heterocycles. The quantitative estimate of drug-likeness (QED) is 0.198. The van der Waals surface area contributed by atoms with Crippen molar-refractivity contribution in [2.24, 2.45) is 0 Å². The van der Waals surface area contributed by atoms with Crippen LogP contribution in [0, 0.1) is 0 Å². The van der Waals surface area contributed by atoms with E-state index in [-0.39, 0.29) is 6.42 Å². The van der Waals surface area contributed by atoms with Crippen LogP contribution in [0.15, 0.2) is 12.7 Å². The first-order valence-corrected chi connectivity index (χ1v) is 8.11. The van der Waals surface area contributed by atoms with Gasteiger partial charge in [0.1, 0.15) is 49.3 Å². The number of ether oxygens (including phenoxy) is 3. The van der Waals surface area contributed by atoms with Crippen molar-refractivity contribution < 1.29 is 55.1 Å². The Morgan fingerprint density at radius 3 is 1.77 bits per heavy atom. The molecule has 0 aromatic carbocycles. The van der Waals surface area contributed by atoms with Gasteiger partial charge in [0.2, 0.25) is 11.6 Å². The third kappa shape index (κ3) is 3.41. The zero-order chi connectivity index (χ0) is 19.7. The van der Waals surface area contributed by atoms with Crippen molar-refractivity contribution in [1.29, 1.82) is 0 Å². The highest BCUT2D eigenvalue weighted by atomic mass is 16.8. The van der Waals surface area contributed by atoms with E-state index in [1.54, 1.807) is 0 Å². The lowest BCUT2D eigenvalue weighted by Crippen LogP contribution is -2.69. The summed E-state index contributed by atoms with van der Waals surface area (Å²) in [5.41, 5.74) is 0. The Morgan fingerprint density at radius 2 is 1.31 bits per heavy atom. The molecule has 0 aromatic rings. The highest BCUT2D eigenvalue weighted by Gasteiger charge is 2.63. The zero-order valence-corrected chi connectivity index (χ0v) is 14.0. The SMILES string of the molecule is C=CC[C@@]1(OC2(CO)O[C@H](CO)[C@@H](O)[C@@H]2O)O[C@H](CO)[C@@H](O)[C@H](O)[C@H]1O. The van der Waals surface area contributed by atoms with Gasteiger partial charge in [-0.1, -0.05) is 6.08 Å². The predicted octanol–water partition coefficient (Wildman–Crippen LogP) is -4.45. The molecule has 0 bridgehead atoms. The van der Waals surface area contributed by atoms with Crippen LogP contribution in [0.5, 0.6) is 0 Å². The summed E-state index contributed by atoms with van der Waals surface area (Å²) >= 11 is 0. The maximum absolute atomic E-state index is 10.4. The van der Waals surface area contributed by atoms with Crippen LogP contribution in [-0.2, 0) is 14.2 Å². The van der Waals surface area contributed by atoms with Crippen LogP contribution in [0.2, 0.25) is 0 Å². The summed E-state index contributed by atoms with van der Waals surface area (Å²) in [6.07, 6.45) is -10.5. The minimum absolute atomic E-state index is 0.299. The summed E-state index contributed by atoms with van der Waals surface area (Å²) in [6.45, 7) is 1.06. The normalized spacial score (nSPS) is 49.3. The van der Waals surface area contributed by atoms with Crippen molar-refractivity contribution in [3.8, 4) is 0 Å². The Bertz CT molecular complexity index is 488. The van der Waals surface area contributed by atoms with E-state index in [2.05, 4.69) is 6.58 Å². The van der Waals surface area contributed by atoms with Gasteiger partial charge in [0, 0.05) is 6.42 Å². The van der Waals surface area contributed by atoms with E-state index in [9.17, 15) is 40.9 Å². The Kier molecular flexibility index (Phi) is 6.75. The largest absolute Gasteiger partial charge is 0.394 e. The molecule has 2 fully saturated rings. The fraction of sp³-hybridized carbons (Fsp3) is 0.867. The van der Waals surface area contributed by atoms with E-state index in [0.29, 0.717) is 0 Å². The monoisotopic (exact) mass is 382 g/mol. The van der Waals surface area contributed by atoms with Crippen LogP contribution in [0.25, 0.3) is 0 Å². The second-order valence-corrected chi connectivity index (χ2v) is 6.42. The molecular formula is C15H26O11. The van der Waals surface area contributed by atoms with Gasteiger partial charge in [0.15, 0.2) is 0 Å². The van der Waals surface area contributed by atoms with Gasteiger partial charge in [-0.2, -0.15) is 0 Å². The van der Waals surface area contributed by atoms with Crippen LogP contribution >= 0.6 is 0 Å². The molecule has 2 saturated heterocycles. The summed E-state index contributed by atoms with van der Waals surface area (Å²) in [5.74, 6) is -4.49. The van der Waals surface area contributed by atoms with Gasteiger partial charge in [-0.05, 0) is 0 Å². The molecule has 2 heterocycles. The van der Waals surface area contributed by atoms with Crippen molar-refractivity contribution in [1.82, 2.24) is 0 Å². The lowest BCUT2D eigenvalue weighted by atomic mass is 9.90. The van der Waals surface area contributed by atoms with E-state index in [1.165, 1.54) is 6.08 Å². The molecule has 26 heavy (non-hydrogen) atoms. The number of hydrogen-bond donors (Lipinski definition) is 8. The van der Waals surface area contributed by atoms with Crippen LogP contribution in [0.4, 0.5) is 0 Å². The number of hydrogen-bond acceptors (Lipinski definition) is 11. The van der Waals surface area contributed by atoms with E-state index in [4.69, 9.17) is 14.2 Å². The molecule has 0 spiro atoms. The zero-order valence-electron chi connectivity index (χ0n) is 14.0. The first-order valence-electron chi connectivity index (χ1n) is 8.11. The molecule has 2 rings (SSSR count). The highest BCUT2D eigenvalue weighted by molar-refractivity contribution is 5.04. The Hall–Kier alpha value is -0.700. The summed E-state index contributed by atoms with van der Waals surface area (Å²) in [5, 5.41) is 78.9. The Morgan fingerprint density at radius 1 is 0.808 bits per heavy atom. The summed E-state index contributed by atoms with van der Waals surface area (Å²) in [6, 6.07) is 0. The highest BCUT2D eigenvalue weighted by Crippen LogP contribution is 2.42. The van der Waals surface area contributed by atoms with Crippen LogP contribution in [0.1, 0.15) is 6.42 Å². The topological polar surface area (TPSA) is 190 Å². The van der Waals surface area contributed by atoms with E-state index >= 15 is 0 Å². The molecule has 11 heteroatoms. The second-order valence-electron chi connectivity index (χ2n) is 6.42. The van der Waals surface area contributed by atoms with Crippen LogP contribution in [-0.4, -0.2) is 115 Å². The number of aliphatic hydroxyl groups is 8. The van der Waals surface area contributed by atoms with Gasteiger partial charge < -0.3 is 55.1 Å². The Balaban J connectivity index is 2.41. The second kappa shape index (κ2) is 8.12. The fourth-order valence-corrected chi connectivity index (χ4v) is 3.25. The maximum atomic E-state index is 10.4. The number of rotatable bonds is 7. The van der Waals surface area contributed by atoms with Crippen LogP contribution < -0.4 is 0 Å². The molecule has 152 valence electrons. The maximum Gasteiger partial charge on any atom is 0.224 e. The fourth-order valence-electron chi connectivity index (χ4n) is 3.25. The molecule has 0 aromatic heterocycles. The van der Waals surface area contributed by atoms with Gasteiger partial charge >= 0.3 is 0 Å². The van der Waals surface area contributed by atoms with E-state index in [0.717, 1.165) is 0 Å². The molecule has 1 unspecified atom stereocenters. The van der Waals surface area contributed by atoms with Gasteiger partial charge in [0.05, 0.1) is 13.2 Å². The number of aliphatic hydroxyl groups excluding tert-OH is 8. The summed E-state index contributed by atoms with van der Waals surface area (Å²) < 4.78 is 16.3. The molecule has 0 saturated carbocycles. The van der Waals surface area contributed by atoms with E-state index in [1.807, 2.05) is 0 Å². The molecule has 0 amide bonds. The summed E-state index contributed by atoms with van der Waals surface area (Å²) in [7, 11) is 0. The molecule has 0 aliphatic carbocycles. The molecule has 11 nitrogen and oxygen atoms in total. The van der Waals surface area contributed by atoms with Gasteiger partial charge in [-0.25, -0.2) is 0 Å². The van der Waals surface area contributed by atoms with Crippen molar-refractivity contribution in [2.45, 2.75) is 60.7 Å². The van der Waals surface area contributed by atoms with Gasteiger partial charge in [-0.3, -0.25) is 0 Å². The van der Waals surface area contributed by atoms with Crippen molar-refractivity contribution in [3.63, 3.8) is 0 Å². The minimum atomic E-state index is -2.31. The third-order valence-electron chi connectivity index (χ3n) is 4.72. The van der Waals surface area contributed by atoms with Gasteiger partial charge in [-0.15, -0.1) is 6.58 Å². The predicted molar refractivity (Wildman–Crippen MR) is 82.4 cm³/mol. The smallest absolute Gasteiger partial charge is 0.224 e. The minimum Gasteiger partial charge on any atom is -0.394 e. The van der Waals surface area contributed by atoms with Crippen molar-refractivity contribution in [3.05, 3.63) is 12.7 Å². The van der Waals surface area contributed by atoms with E-state index < -0.39 is 74.1 Å². The molecule has 2 aliphatic rings. The Labute approximate surface area is 149 Å². The lowest BCUT2D eigenvalue weighted by molar-refractivity contribution is -0.432. The molecular weight excluding hydrogens is 356 g/mol. The van der Waals surface area contributed by atoms with Gasteiger partial charge in [0.25, 0.3) is 0 Å².